The summed E-state index contributed by atoms with van der Waals surface area (Å²) in [6.45, 7) is 10.7. The molecule has 18 heavy (non-hydrogen) atoms. The van der Waals surface area contributed by atoms with Gasteiger partial charge in [0.15, 0.2) is 5.82 Å². The summed E-state index contributed by atoms with van der Waals surface area (Å²) in [6, 6.07) is 0. The van der Waals surface area contributed by atoms with E-state index in [4.69, 9.17) is 4.52 Å². The van der Waals surface area contributed by atoms with Crippen LogP contribution in [0.1, 0.15) is 45.8 Å². The van der Waals surface area contributed by atoms with Gasteiger partial charge in [-0.15, -0.1) is 0 Å². The molecular formula is C13H23N3O2. The van der Waals surface area contributed by atoms with Crippen molar-refractivity contribution in [3.63, 3.8) is 0 Å². The molecule has 0 spiro atoms. The fourth-order valence-corrected chi connectivity index (χ4v) is 2.19. The monoisotopic (exact) mass is 253 g/mol. The second-order valence-corrected chi connectivity index (χ2v) is 6.33. The van der Waals surface area contributed by atoms with E-state index in [0.717, 1.165) is 25.3 Å². The zero-order chi connectivity index (χ0) is 13.3. The maximum atomic E-state index is 9.70. The van der Waals surface area contributed by atoms with E-state index in [0.29, 0.717) is 18.4 Å². The minimum atomic E-state index is -0.170. The number of likely N-dealkylation sites (tertiary alicyclic amines) is 1. The highest BCUT2D eigenvalue weighted by Crippen LogP contribution is 2.21. The Hall–Kier alpha value is -0.940. The Bertz CT molecular complexity index is 397. The molecular weight excluding hydrogens is 230 g/mol. The van der Waals surface area contributed by atoms with Gasteiger partial charge >= 0.3 is 0 Å². The van der Waals surface area contributed by atoms with Crippen LogP contribution < -0.4 is 0 Å². The van der Waals surface area contributed by atoms with E-state index in [1.165, 1.54) is 0 Å². The summed E-state index contributed by atoms with van der Waals surface area (Å²) in [7, 11) is 0. The zero-order valence-electron chi connectivity index (χ0n) is 11.7. The van der Waals surface area contributed by atoms with Crippen molar-refractivity contribution < 1.29 is 9.63 Å². The fraction of sp³-hybridized carbons (Fsp3) is 0.846. The number of aliphatic hydroxyl groups excluding tert-OH is 1. The molecule has 0 aliphatic carbocycles. The molecule has 2 atom stereocenters. The Morgan fingerprint density at radius 1 is 1.44 bits per heavy atom. The van der Waals surface area contributed by atoms with Gasteiger partial charge in [-0.25, -0.2) is 0 Å². The summed E-state index contributed by atoms with van der Waals surface area (Å²) >= 11 is 0. The van der Waals surface area contributed by atoms with E-state index in [9.17, 15) is 5.11 Å². The van der Waals surface area contributed by atoms with Crippen molar-refractivity contribution in [2.75, 3.05) is 13.1 Å². The van der Waals surface area contributed by atoms with E-state index in [-0.39, 0.29) is 11.5 Å². The molecule has 0 bridgehead atoms. The van der Waals surface area contributed by atoms with Crippen LogP contribution in [0.25, 0.3) is 0 Å². The normalized spacial score (nSPS) is 26.5. The van der Waals surface area contributed by atoms with Gasteiger partial charge in [-0.1, -0.05) is 32.9 Å². The molecule has 1 aliphatic heterocycles. The van der Waals surface area contributed by atoms with Crippen molar-refractivity contribution in [3.05, 3.63) is 11.7 Å². The van der Waals surface area contributed by atoms with Crippen LogP contribution >= 0.6 is 0 Å². The Balaban J connectivity index is 1.96. The standard InChI is InChI=1S/C13H23N3O2/c1-9-7-16(6-5-10(9)17)8-11-14-12(18-15-11)13(2,3)4/h9-10,17H,5-8H2,1-4H3. The summed E-state index contributed by atoms with van der Waals surface area (Å²) in [5.41, 5.74) is -0.101. The van der Waals surface area contributed by atoms with Crippen LogP contribution in [0.5, 0.6) is 0 Å². The van der Waals surface area contributed by atoms with Gasteiger partial charge in [-0.3, -0.25) is 4.90 Å². The minimum Gasteiger partial charge on any atom is -0.393 e. The molecule has 5 heteroatoms. The van der Waals surface area contributed by atoms with Crippen molar-refractivity contribution in [2.45, 2.75) is 52.2 Å². The van der Waals surface area contributed by atoms with Crippen LogP contribution in [-0.4, -0.2) is 39.3 Å². The highest BCUT2D eigenvalue weighted by molar-refractivity contribution is 4.98. The van der Waals surface area contributed by atoms with Crippen LogP contribution in [0.15, 0.2) is 4.52 Å². The molecule has 0 amide bonds. The number of aromatic nitrogens is 2. The van der Waals surface area contributed by atoms with Gasteiger partial charge in [-0.2, -0.15) is 4.98 Å². The Labute approximate surface area is 108 Å². The number of rotatable bonds is 2. The second kappa shape index (κ2) is 4.97. The maximum Gasteiger partial charge on any atom is 0.232 e. The molecule has 1 aliphatic rings. The number of aliphatic hydroxyl groups is 1. The maximum absolute atomic E-state index is 9.70. The molecule has 2 unspecified atom stereocenters. The number of nitrogens with zero attached hydrogens (tertiary/aromatic N) is 3. The van der Waals surface area contributed by atoms with Crippen LogP contribution in [0, 0.1) is 5.92 Å². The Morgan fingerprint density at radius 2 is 2.17 bits per heavy atom. The largest absolute Gasteiger partial charge is 0.393 e. The van der Waals surface area contributed by atoms with Crippen LogP contribution in [0.4, 0.5) is 0 Å². The molecule has 1 aromatic heterocycles. The summed E-state index contributed by atoms with van der Waals surface area (Å²) in [4.78, 5) is 6.71. The predicted octanol–water partition coefficient (Wildman–Crippen LogP) is 1.57. The molecule has 0 aromatic carbocycles. The van der Waals surface area contributed by atoms with Gasteiger partial charge in [0.1, 0.15) is 0 Å². The summed E-state index contributed by atoms with van der Waals surface area (Å²) < 4.78 is 5.28. The van der Waals surface area contributed by atoms with Crippen molar-refractivity contribution in [3.8, 4) is 0 Å². The lowest BCUT2D eigenvalue weighted by Gasteiger charge is -2.33. The minimum absolute atomic E-state index is 0.101. The van der Waals surface area contributed by atoms with Crippen LogP contribution in [0.3, 0.4) is 0 Å². The summed E-state index contributed by atoms with van der Waals surface area (Å²) in [5, 5.41) is 13.7. The van der Waals surface area contributed by atoms with Gasteiger partial charge in [-0.05, 0) is 12.3 Å². The lowest BCUT2D eigenvalue weighted by molar-refractivity contribution is 0.0308. The molecule has 2 rings (SSSR count). The first-order valence-electron chi connectivity index (χ1n) is 6.60. The third-order valence-corrected chi connectivity index (χ3v) is 3.42. The molecule has 1 saturated heterocycles. The first-order chi connectivity index (χ1) is 8.36. The molecule has 0 radical (unpaired) electrons. The average Bonchev–Trinajstić information content (AvgIpc) is 2.72. The lowest BCUT2D eigenvalue weighted by Crippen LogP contribution is -2.41. The predicted molar refractivity (Wildman–Crippen MR) is 68.1 cm³/mol. The quantitative estimate of drug-likeness (QED) is 0.867. The van der Waals surface area contributed by atoms with E-state index in [1.807, 2.05) is 0 Å². The SMILES string of the molecule is CC1CN(Cc2noc(C(C)(C)C)n2)CCC1O. The number of hydrogen-bond donors (Lipinski definition) is 1. The van der Waals surface area contributed by atoms with E-state index in [1.54, 1.807) is 0 Å². The van der Waals surface area contributed by atoms with Gasteiger partial charge in [0.2, 0.25) is 5.89 Å². The third-order valence-electron chi connectivity index (χ3n) is 3.42. The second-order valence-electron chi connectivity index (χ2n) is 6.33. The van der Waals surface area contributed by atoms with Crippen LogP contribution in [-0.2, 0) is 12.0 Å². The molecule has 1 fully saturated rings. The van der Waals surface area contributed by atoms with Crippen molar-refractivity contribution in [2.24, 2.45) is 5.92 Å². The van der Waals surface area contributed by atoms with E-state index < -0.39 is 0 Å². The number of hydrogen-bond acceptors (Lipinski definition) is 5. The van der Waals surface area contributed by atoms with E-state index in [2.05, 4.69) is 42.7 Å². The fourth-order valence-electron chi connectivity index (χ4n) is 2.19. The highest BCUT2D eigenvalue weighted by atomic mass is 16.5. The molecule has 5 nitrogen and oxygen atoms in total. The van der Waals surface area contributed by atoms with Gasteiger partial charge in [0, 0.05) is 18.5 Å². The zero-order valence-corrected chi connectivity index (χ0v) is 11.7. The smallest absolute Gasteiger partial charge is 0.232 e. The van der Waals surface area contributed by atoms with Gasteiger partial charge in [0.05, 0.1) is 12.6 Å². The van der Waals surface area contributed by atoms with Crippen molar-refractivity contribution in [1.29, 1.82) is 0 Å². The van der Waals surface area contributed by atoms with Gasteiger partial charge in [0.25, 0.3) is 0 Å². The Morgan fingerprint density at radius 3 is 2.72 bits per heavy atom. The molecule has 0 saturated carbocycles. The number of piperidine rings is 1. The highest BCUT2D eigenvalue weighted by Gasteiger charge is 2.26. The van der Waals surface area contributed by atoms with Gasteiger partial charge < -0.3 is 9.63 Å². The lowest BCUT2D eigenvalue weighted by atomic mass is 9.96. The molecule has 2 heterocycles. The van der Waals surface area contributed by atoms with Crippen molar-refractivity contribution >= 4 is 0 Å². The van der Waals surface area contributed by atoms with E-state index >= 15 is 0 Å². The summed E-state index contributed by atoms with van der Waals surface area (Å²) in [5.74, 6) is 1.74. The summed E-state index contributed by atoms with van der Waals surface area (Å²) in [6.07, 6.45) is 0.655. The van der Waals surface area contributed by atoms with Crippen LogP contribution in [0.2, 0.25) is 0 Å². The third kappa shape index (κ3) is 3.09. The molecule has 1 N–H and O–H groups in total. The first kappa shape index (κ1) is 13.5. The first-order valence-corrected chi connectivity index (χ1v) is 6.60. The molecule has 102 valence electrons. The molecule has 1 aromatic rings. The topological polar surface area (TPSA) is 62.4 Å². The average molecular weight is 253 g/mol. The van der Waals surface area contributed by atoms with Crippen molar-refractivity contribution in [1.82, 2.24) is 15.0 Å². The Kier molecular flexibility index (Phi) is 3.73.